The summed E-state index contributed by atoms with van der Waals surface area (Å²) in [7, 11) is 1.50. The van der Waals surface area contributed by atoms with Gasteiger partial charge in [0.15, 0.2) is 0 Å². The Bertz CT molecular complexity index is 981. The van der Waals surface area contributed by atoms with Gasteiger partial charge < -0.3 is 15.4 Å². The summed E-state index contributed by atoms with van der Waals surface area (Å²) in [5, 5.41) is 5.43. The molecule has 0 fully saturated rings. The van der Waals surface area contributed by atoms with Gasteiger partial charge in [-0.1, -0.05) is 17.7 Å². The standard InChI is InChI=1S/C18H13ClF2N4O2/c1-27-15-6-5-10(9-11(15)19)23-18-22-8-7-14(24-18)17(26)25-16-12(20)3-2-4-13(16)21/h2-9H,1H3,(H,25,26)(H,22,23,24). The van der Waals surface area contributed by atoms with Crippen molar-refractivity contribution in [2.75, 3.05) is 17.7 Å². The Balaban J connectivity index is 1.79. The van der Waals surface area contributed by atoms with E-state index in [0.717, 1.165) is 12.1 Å². The van der Waals surface area contributed by atoms with E-state index in [0.29, 0.717) is 16.5 Å². The number of hydrogen-bond acceptors (Lipinski definition) is 5. The van der Waals surface area contributed by atoms with Crippen molar-refractivity contribution in [3.05, 3.63) is 71.0 Å². The van der Waals surface area contributed by atoms with Gasteiger partial charge >= 0.3 is 0 Å². The lowest BCUT2D eigenvalue weighted by atomic mass is 10.2. The molecule has 0 saturated heterocycles. The van der Waals surface area contributed by atoms with E-state index in [2.05, 4.69) is 20.6 Å². The zero-order valence-corrected chi connectivity index (χ0v) is 14.7. The molecule has 0 aliphatic carbocycles. The molecule has 0 saturated carbocycles. The second-order valence-electron chi connectivity index (χ2n) is 5.29. The quantitative estimate of drug-likeness (QED) is 0.674. The fourth-order valence-electron chi connectivity index (χ4n) is 2.21. The molecule has 1 heterocycles. The molecule has 2 aromatic carbocycles. The third kappa shape index (κ3) is 4.29. The summed E-state index contributed by atoms with van der Waals surface area (Å²) in [6, 6.07) is 9.55. The van der Waals surface area contributed by atoms with E-state index >= 15 is 0 Å². The molecule has 138 valence electrons. The van der Waals surface area contributed by atoms with Crippen molar-refractivity contribution < 1.29 is 18.3 Å². The maximum Gasteiger partial charge on any atom is 0.274 e. The van der Waals surface area contributed by atoms with Crippen LogP contribution < -0.4 is 15.4 Å². The van der Waals surface area contributed by atoms with Gasteiger partial charge in [-0.3, -0.25) is 4.79 Å². The lowest BCUT2D eigenvalue weighted by Crippen LogP contribution is -2.16. The van der Waals surface area contributed by atoms with E-state index < -0.39 is 23.2 Å². The van der Waals surface area contributed by atoms with E-state index in [4.69, 9.17) is 16.3 Å². The van der Waals surface area contributed by atoms with Crippen molar-refractivity contribution in [1.29, 1.82) is 0 Å². The topological polar surface area (TPSA) is 76.1 Å². The third-order valence-corrected chi connectivity index (χ3v) is 3.79. The van der Waals surface area contributed by atoms with Crippen LogP contribution in [0.15, 0.2) is 48.7 Å². The van der Waals surface area contributed by atoms with E-state index in [9.17, 15) is 13.6 Å². The van der Waals surface area contributed by atoms with Gasteiger partial charge in [0.2, 0.25) is 5.95 Å². The zero-order chi connectivity index (χ0) is 19.4. The van der Waals surface area contributed by atoms with E-state index in [1.807, 2.05) is 0 Å². The number of hydrogen-bond donors (Lipinski definition) is 2. The van der Waals surface area contributed by atoms with Gasteiger partial charge in [-0.2, -0.15) is 0 Å². The van der Waals surface area contributed by atoms with Crippen molar-refractivity contribution >= 4 is 34.8 Å². The molecule has 1 amide bonds. The maximum absolute atomic E-state index is 13.7. The molecule has 3 aromatic rings. The summed E-state index contributed by atoms with van der Waals surface area (Å²) >= 11 is 6.06. The number of nitrogens with one attached hydrogen (secondary N) is 2. The minimum absolute atomic E-state index is 0.0743. The number of para-hydroxylation sites is 1. The number of methoxy groups -OCH3 is 1. The molecular weight excluding hydrogens is 378 g/mol. The van der Waals surface area contributed by atoms with Crippen LogP contribution in [0.25, 0.3) is 0 Å². The maximum atomic E-state index is 13.7. The number of amides is 1. The highest BCUT2D eigenvalue weighted by molar-refractivity contribution is 6.32. The second kappa shape index (κ2) is 7.96. The fourth-order valence-corrected chi connectivity index (χ4v) is 2.47. The number of aromatic nitrogens is 2. The van der Waals surface area contributed by atoms with Crippen molar-refractivity contribution in [1.82, 2.24) is 9.97 Å². The number of carbonyl (C=O) groups is 1. The van der Waals surface area contributed by atoms with Crippen LogP contribution in [0.4, 0.5) is 26.1 Å². The number of halogens is 3. The first-order chi connectivity index (χ1) is 13.0. The Morgan fingerprint density at radius 2 is 1.89 bits per heavy atom. The number of benzene rings is 2. The van der Waals surface area contributed by atoms with Crippen molar-refractivity contribution in [2.24, 2.45) is 0 Å². The molecular formula is C18H13ClF2N4O2. The average Bonchev–Trinajstić information content (AvgIpc) is 2.65. The molecule has 2 N–H and O–H groups in total. The molecule has 1 aromatic heterocycles. The molecule has 6 nitrogen and oxygen atoms in total. The van der Waals surface area contributed by atoms with Crippen LogP contribution in [0.1, 0.15) is 10.5 Å². The van der Waals surface area contributed by atoms with E-state index in [1.54, 1.807) is 18.2 Å². The normalized spacial score (nSPS) is 10.4. The Hall–Kier alpha value is -3.26. The SMILES string of the molecule is COc1ccc(Nc2nccc(C(=O)Nc3c(F)cccc3F)n2)cc1Cl. The Labute approximate surface area is 158 Å². The Morgan fingerprint density at radius 1 is 1.15 bits per heavy atom. The van der Waals surface area contributed by atoms with Crippen LogP contribution >= 0.6 is 11.6 Å². The first-order valence-electron chi connectivity index (χ1n) is 7.67. The number of anilines is 3. The summed E-state index contributed by atoms with van der Waals surface area (Å²) in [6.07, 6.45) is 1.34. The lowest BCUT2D eigenvalue weighted by Gasteiger charge is -2.09. The molecule has 0 aliphatic rings. The number of carbonyl (C=O) groups excluding carboxylic acids is 1. The lowest BCUT2D eigenvalue weighted by molar-refractivity contribution is 0.102. The van der Waals surface area contributed by atoms with Gasteiger partial charge in [0.25, 0.3) is 5.91 Å². The number of nitrogens with zero attached hydrogens (tertiary/aromatic N) is 2. The van der Waals surface area contributed by atoms with Crippen molar-refractivity contribution in [2.45, 2.75) is 0 Å². The summed E-state index contributed by atoms with van der Waals surface area (Å²) in [5.41, 5.74) is -0.0502. The van der Waals surface area contributed by atoms with Crippen LogP contribution in [0.3, 0.4) is 0 Å². The summed E-state index contributed by atoms with van der Waals surface area (Å²) in [5.74, 6) is -1.94. The van der Waals surface area contributed by atoms with Crippen LogP contribution in [0.5, 0.6) is 5.75 Å². The largest absolute Gasteiger partial charge is 0.495 e. The highest BCUT2D eigenvalue weighted by atomic mass is 35.5. The fraction of sp³-hybridized carbons (Fsp3) is 0.0556. The third-order valence-electron chi connectivity index (χ3n) is 3.50. The van der Waals surface area contributed by atoms with E-state index in [1.165, 1.54) is 25.4 Å². The smallest absolute Gasteiger partial charge is 0.274 e. The molecule has 0 atom stereocenters. The summed E-state index contributed by atoms with van der Waals surface area (Å²) < 4.78 is 32.4. The van der Waals surface area contributed by atoms with Crippen molar-refractivity contribution in [3.63, 3.8) is 0 Å². The van der Waals surface area contributed by atoms with Gasteiger partial charge in [0.05, 0.1) is 12.1 Å². The van der Waals surface area contributed by atoms with E-state index in [-0.39, 0.29) is 11.6 Å². The van der Waals surface area contributed by atoms with Gasteiger partial charge in [0, 0.05) is 11.9 Å². The molecule has 0 spiro atoms. The monoisotopic (exact) mass is 390 g/mol. The molecule has 0 aliphatic heterocycles. The van der Waals surface area contributed by atoms with Gasteiger partial charge in [-0.15, -0.1) is 0 Å². The Kier molecular flexibility index (Phi) is 5.46. The Morgan fingerprint density at radius 3 is 2.56 bits per heavy atom. The molecule has 27 heavy (non-hydrogen) atoms. The van der Waals surface area contributed by atoms with Gasteiger partial charge in [0.1, 0.15) is 28.8 Å². The first kappa shape index (κ1) is 18.5. The molecule has 0 radical (unpaired) electrons. The van der Waals surface area contributed by atoms with Crippen LogP contribution in [0.2, 0.25) is 5.02 Å². The molecule has 0 bridgehead atoms. The second-order valence-corrected chi connectivity index (χ2v) is 5.70. The minimum Gasteiger partial charge on any atom is -0.495 e. The van der Waals surface area contributed by atoms with Crippen molar-refractivity contribution in [3.8, 4) is 5.75 Å². The zero-order valence-electron chi connectivity index (χ0n) is 14.0. The average molecular weight is 391 g/mol. The highest BCUT2D eigenvalue weighted by Crippen LogP contribution is 2.28. The van der Waals surface area contributed by atoms with Crippen LogP contribution in [-0.2, 0) is 0 Å². The predicted molar refractivity (Wildman–Crippen MR) is 97.6 cm³/mol. The minimum atomic E-state index is -0.886. The molecule has 9 heteroatoms. The van der Waals surface area contributed by atoms with Crippen LogP contribution in [-0.4, -0.2) is 23.0 Å². The highest BCUT2D eigenvalue weighted by Gasteiger charge is 2.15. The summed E-state index contributed by atoms with van der Waals surface area (Å²) in [6.45, 7) is 0. The van der Waals surface area contributed by atoms with Gasteiger partial charge in [-0.25, -0.2) is 18.7 Å². The van der Waals surface area contributed by atoms with Gasteiger partial charge in [-0.05, 0) is 36.4 Å². The molecule has 3 rings (SSSR count). The summed E-state index contributed by atoms with van der Waals surface area (Å²) in [4.78, 5) is 20.3. The molecule has 0 unspecified atom stereocenters. The number of rotatable bonds is 5. The van der Waals surface area contributed by atoms with Crippen LogP contribution in [0, 0.1) is 11.6 Å². The predicted octanol–water partition coefficient (Wildman–Crippen LogP) is 4.41. The number of ether oxygens (including phenoxy) is 1. The first-order valence-corrected chi connectivity index (χ1v) is 8.04.